The van der Waals surface area contributed by atoms with Gasteiger partial charge in [0.2, 0.25) is 5.91 Å². The van der Waals surface area contributed by atoms with E-state index in [4.69, 9.17) is 4.74 Å². The highest BCUT2D eigenvalue weighted by Gasteiger charge is 2.51. The number of nitrogens with zero attached hydrogens (tertiary/aromatic N) is 3. The molecule has 1 fully saturated rings. The summed E-state index contributed by atoms with van der Waals surface area (Å²) < 4.78 is 90.3. The fourth-order valence-corrected chi connectivity index (χ4v) is 8.06. The number of ether oxygens (including phenoxy) is 1. The molecule has 2 N–H and O–H groups in total. The van der Waals surface area contributed by atoms with Crippen LogP contribution in [0, 0.1) is 24.6 Å². The molecule has 1 aliphatic rings. The van der Waals surface area contributed by atoms with E-state index in [1.54, 1.807) is 39.0 Å². The van der Waals surface area contributed by atoms with Crippen molar-refractivity contribution in [3.63, 3.8) is 0 Å². The number of fused-ring (bicyclic) bond motifs is 1. The normalized spacial score (nSPS) is 21.4. The number of rotatable bonds is 9. The highest BCUT2D eigenvalue weighted by Crippen LogP contribution is 2.48. The molecule has 15 heteroatoms. The maximum atomic E-state index is 14.7. The molecule has 0 spiro atoms. The van der Waals surface area contributed by atoms with Gasteiger partial charge in [-0.1, -0.05) is 12.1 Å². The zero-order valence-electron chi connectivity index (χ0n) is 28.2. The number of aryl methyl sites for hydroxylation is 2. The van der Waals surface area contributed by atoms with Crippen LogP contribution in [0.25, 0.3) is 11.0 Å². The van der Waals surface area contributed by atoms with E-state index >= 15 is 0 Å². The number of carbonyl (C=O) groups is 2. The number of carbonyl (C=O) groups excluding carboxylic acids is 1. The Morgan fingerprint density at radius 2 is 1.74 bits per heavy atom. The van der Waals surface area contributed by atoms with Crippen LogP contribution in [0.3, 0.4) is 0 Å². The molecule has 1 amide bonds. The van der Waals surface area contributed by atoms with Crippen LogP contribution >= 0.6 is 0 Å². The summed E-state index contributed by atoms with van der Waals surface area (Å²) in [7, 11) is -0.793. The number of imidazole rings is 1. The molecule has 0 radical (unpaired) electrons. The van der Waals surface area contributed by atoms with Gasteiger partial charge in [-0.25, -0.2) is 17.8 Å². The average Bonchev–Trinajstić information content (AvgIpc) is 3.32. The second-order valence-corrected chi connectivity index (χ2v) is 15.2. The monoisotopic (exact) mass is 718 g/mol. The van der Waals surface area contributed by atoms with Gasteiger partial charge in [0.15, 0.2) is 0 Å². The van der Waals surface area contributed by atoms with E-state index < -0.39 is 68.5 Å². The maximum Gasteiger partial charge on any atom is 0.416 e. The highest BCUT2D eigenvalue weighted by atomic mass is 32.2. The minimum absolute atomic E-state index is 0.0350. The Morgan fingerprint density at radius 3 is 2.32 bits per heavy atom. The van der Waals surface area contributed by atoms with Gasteiger partial charge in [0.05, 0.1) is 56.4 Å². The molecule has 0 unspecified atom stereocenters. The third-order valence-corrected chi connectivity index (χ3v) is 11.1. The van der Waals surface area contributed by atoms with Crippen molar-refractivity contribution < 1.29 is 45.4 Å². The van der Waals surface area contributed by atoms with Crippen LogP contribution < -0.4 is 9.62 Å². The molecule has 5 rings (SSSR count). The molecule has 50 heavy (non-hydrogen) atoms. The van der Waals surface area contributed by atoms with Crippen molar-refractivity contribution in [2.24, 2.45) is 18.9 Å². The van der Waals surface area contributed by atoms with Crippen molar-refractivity contribution >= 4 is 44.3 Å². The third-order valence-electron chi connectivity index (χ3n) is 9.29. The van der Waals surface area contributed by atoms with Crippen LogP contribution in [0.15, 0.2) is 65.6 Å². The number of nitrogens with one attached hydrogen (secondary N) is 1. The van der Waals surface area contributed by atoms with E-state index in [9.17, 15) is 40.7 Å². The summed E-state index contributed by atoms with van der Waals surface area (Å²) in [6.45, 7) is 7.13. The first-order valence-corrected chi connectivity index (χ1v) is 17.3. The van der Waals surface area contributed by atoms with Crippen LogP contribution in [0.2, 0.25) is 0 Å². The smallest absolute Gasteiger partial charge is 0.416 e. The van der Waals surface area contributed by atoms with E-state index in [1.807, 2.05) is 18.5 Å². The van der Waals surface area contributed by atoms with E-state index in [1.165, 1.54) is 31.3 Å². The molecule has 3 aromatic carbocycles. The maximum absolute atomic E-state index is 14.7. The van der Waals surface area contributed by atoms with Crippen molar-refractivity contribution in [2.45, 2.75) is 69.2 Å². The fourth-order valence-electron chi connectivity index (χ4n) is 6.85. The van der Waals surface area contributed by atoms with Gasteiger partial charge in [0, 0.05) is 20.0 Å². The summed E-state index contributed by atoms with van der Waals surface area (Å²) in [6.07, 6.45) is -5.00. The second-order valence-electron chi connectivity index (χ2n) is 13.2. The van der Waals surface area contributed by atoms with Gasteiger partial charge in [-0.15, -0.1) is 0 Å². The summed E-state index contributed by atoms with van der Waals surface area (Å²) in [5, 5.41) is 12.7. The lowest BCUT2D eigenvalue weighted by atomic mass is 9.63. The number of alkyl halides is 3. The Bertz CT molecular complexity index is 2050. The molecule has 0 bridgehead atoms. The highest BCUT2D eigenvalue weighted by molar-refractivity contribution is 7.92. The number of anilines is 2. The lowest BCUT2D eigenvalue weighted by Crippen LogP contribution is -2.50. The SMILES string of the molecule is Cc1nc2cc(S(=O)(=O)N(C)c3ccc([C@@H]4C[C@@](C)(OC(C)C)C[C@H](C(=O)Nc5ccc(C(F)(F)F)cc5F)[C@H]4C(=O)O)cc3)ccc2n1C. The fraction of sp³-hybridized carbons (Fsp3) is 0.400. The molecule has 4 aromatic rings. The molecule has 0 saturated heterocycles. The largest absolute Gasteiger partial charge is 0.481 e. The molecular formula is C35H38F4N4O6S. The van der Waals surface area contributed by atoms with E-state index in [0.717, 1.165) is 21.7 Å². The molecule has 1 aromatic heterocycles. The van der Waals surface area contributed by atoms with Crippen molar-refractivity contribution in [1.82, 2.24) is 9.55 Å². The number of carboxylic acid groups (broad SMARTS) is 1. The zero-order chi connectivity index (χ0) is 36.9. The molecule has 268 valence electrons. The zero-order valence-corrected chi connectivity index (χ0v) is 29.1. The molecule has 1 heterocycles. The quantitative estimate of drug-likeness (QED) is 0.181. The number of sulfonamides is 1. The Labute approximate surface area is 287 Å². The lowest BCUT2D eigenvalue weighted by Gasteiger charge is -2.46. The predicted octanol–water partition coefficient (Wildman–Crippen LogP) is 6.88. The van der Waals surface area contributed by atoms with E-state index in [-0.39, 0.29) is 29.9 Å². The number of hydrogen-bond acceptors (Lipinski definition) is 6. The number of aliphatic carboxylic acids is 1. The van der Waals surface area contributed by atoms with Crippen molar-refractivity contribution in [1.29, 1.82) is 0 Å². The summed E-state index contributed by atoms with van der Waals surface area (Å²) in [4.78, 5) is 30.9. The Balaban J connectivity index is 1.45. The number of aromatic nitrogens is 2. The van der Waals surface area contributed by atoms with Gasteiger partial charge in [-0.2, -0.15) is 13.2 Å². The van der Waals surface area contributed by atoms with E-state index in [2.05, 4.69) is 10.3 Å². The second kappa shape index (κ2) is 13.3. The standard InChI is InChI=1S/C35H38F4N4O6S/c1-19(2)49-34(4)17-25(31(33(45)46)26(18-34)32(44)41-28-13-9-22(15-27(28)36)35(37,38)39)21-7-10-23(11-8-21)43(6)50(47,48)24-12-14-30-29(16-24)40-20(3)42(30)5/h7-16,19,25-26,31H,17-18H2,1-6H3,(H,41,44)(H,45,46)/t25-,26-,31-,34+/m0/s1. The molecule has 1 aliphatic carbocycles. The van der Waals surface area contributed by atoms with Crippen LogP contribution in [0.5, 0.6) is 0 Å². The Morgan fingerprint density at radius 1 is 1.08 bits per heavy atom. The predicted molar refractivity (Wildman–Crippen MR) is 179 cm³/mol. The van der Waals surface area contributed by atoms with Gasteiger partial charge in [0.25, 0.3) is 10.0 Å². The Hall–Kier alpha value is -4.50. The summed E-state index contributed by atoms with van der Waals surface area (Å²) in [5.41, 5.74) is -0.690. The molecule has 10 nitrogen and oxygen atoms in total. The van der Waals surface area contributed by atoms with Crippen molar-refractivity contribution in [3.8, 4) is 0 Å². The minimum Gasteiger partial charge on any atom is -0.481 e. The van der Waals surface area contributed by atoms with Gasteiger partial charge in [0.1, 0.15) is 11.6 Å². The van der Waals surface area contributed by atoms with Gasteiger partial charge < -0.3 is 19.7 Å². The Kier molecular flexibility index (Phi) is 9.80. The van der Waals surface area contributed by atoms with Gasteiger partial charge >= 0.3 is 12.1 Å². The minimum atomic E-state index is -4.80. The molecule has 1 saturated carbocycles. The lowest BCUT2D eigenvalue weighted by molar-refractivity contribution is -0.160. The molecule has 0 aliphatic heterocycles. The number of carboxylic acids is 1. The molecular weight excluding hydrogens is 680 g/mol. The summed E-state index contributed by atoms with van der Waals surface area (Å²) in [6, 6.07) is 12.6. The number of benzene rings is 3. The summed E-state index contributed by atoms with van der Waals surface area (Å²) >= 11 is 0. The number of amides is 1. The third kappa shape index (κ3) is 7.20. The van der Waals surface area contributed by atoms with Crippen LogP contribution in [-0.4, -0.2) is 53.7 Å². The summed E-state index contributed by atoms with van der Waals surface area (Å²) in [5.74, 6) is -6.22. The van der Waals surface area contributed by atoms with Crippen LogP contribution in [0.1, 0.15) is 56.5 Å². The first kappa shape index (κ1) is 36.8. The van der Waals surface area contributed by atoms with Crippen molar-refractivity contribution in [3.05, 3.63) is 83.4 Å². The first-order chi connectivity index (χ1) is 23.2. The van der Waals surface area contributed by atoms with Crippen molar-refractivity contribution in [2.75, 3.05) is 16.7 Å². The topological polar surface area (TPSA) is 131 Å². The molecule has 4 atom stereocenters. The first-order valence-electron chi connectivity index (χ1n) is 15.8. The van der Waals surface area contributed by atoms with Gasteiger partial charge in [-0.3, -0.25) is 13.9 Å². The van der Waals surface area contributed by atoms with Crippen LogP contribution in [-0.2, 0) is 37.6 Å². The average molecular weight is 719 g/mol. The number of halogens is 4. The van der Waals surface area contributed by atoms with Crippen LogP contribution in [0.4, 0.5) is 28.9 Å². The van der Waals surface area contributed by atoms with Gasteiger partial charge in [-0.05, 0) is 94.6 Å². The van der Waals surface area contributed by atoms with E-state index in [0.29, 0.717) is 22.8 Å². The number of hydrogen-bond donors (Lipinski definition) is 2.